The van der Waals surface area contributed by atoms with E-state index >= 15 is 0 Å². The van der Waals surface area contributed by atoms with E-state index in [2.05, 4.69) is 10.1 Å². The monoisotopic (exact) mass is 397 g/mol. The van der Waals surface area contributed by atoms with Crippen LogP contribution in [0.3, 0.4) is 0 Å². The third-order valence-electron chi connectivity index (χ3n) is 6.21. The average molecular weight is 398 g/mol. The Morgan fingerprint density at radius 1 is 1.23 bits per heavy atom. The molecule has 6 nitrogen and oxygen atoms in total. The van der Waals surface area contributed by atoms with Gasteiger partial charge in [-0.25, -0.2) is 18.1 Å². The molecule has 2 saturated carbocycles. The lowest BCUT2D eigenvalue weighted by Crippen LogP contribution is -2.41. The van der Waals surface area contributed by atoms with Crippen molar-refractivity contribution < 1.29 is 13.2 Å². The highest BCUT2D eigenvalue weighted by Crippen LogP contribution is 2.54. The van der Waals surface area contributed by atoms with Gasteiger partial charge in [-0.1, -0.05) is 18.5 Å². The summed E-state index contributed by atoms with van der Waals surface area (Å²) in [4.78, 5) is 12.6. The zero-order valence-electron chi connectivity index (χ0n) is 14.7. The first kappa shape index (κ1) is 18.2. The van der Waals surface area contributed by atoms with Crippen LogP contribution in [0.25, 0.3) is 0 Å². The number of hydrogen-bond donors (Lipinski definition) is 2. The first-order chi connectivity index (χ1) is 12.4. The van der Waals surface area contributed by atoms with Gasteiger partial charge in [0.25, 0.3) is 5.91 Å². The molecule has 2 aliphatic carbocycles. The number of hydrazine groups is 1. The van der Waals surface area contributed by atoms with E-state index in [0.717, 1.165) is 24.9 Å². The van der Waals surface area contributed by atoms with Crippen molar-refractivity contribution >= 4 is 27.5 Å². The summed E-state index contributed by atoms with van der Waals surface area (Å²) in [6, 6.07) is 4.36. The first-order valence-corrected chi connectivity index (χ1v) is 11.1. The second-order valence-corrected chi connectivity index (χ2v) is 9.80. The molecule has 4 unspecified atom stereocenters. The van der Waals surface area contributed by atoms with Crippen molar-refractivity contribution in [1.29, 1.82) is 0 Å². The Morgan fingerprint density at radius 3 is 2.50 bits per heavy atom. The highest BCUT2D eigenvalue weighted by molar-refractivity contribution is 7.89. The summed E-state index contributed by atoms with van der Waals surface area (Å²) >= 11 is 6.03. The summed E-state index contributed by atoms with van der Waals surface area (Å²) in [5, 5.41) is 2.12. The molecule has 1 aromatic carbocycles. The molecular formula is C18H24ClN3O3S. The summed E-state index contributed by atoms with van der Waals surface area (Å²) in [6.45, 7) is 3.74. The van der Waals surface area contributed by atoms with Crippen LogP contribution in [0.1, 0.15) is 36.5 Å². The molecule has 0 spiro atoms. The fourth-order valence-corrected chi connectivity index (χ4v) is 6.66. The van der Waals surface area contributed by atoms with Gasteiger partial charge < -0.3 is 0 Å². The maximum atomic E-state index is 12.6. The number of halogens is 1. The molecule has 3 aliphatic rings. The Bertz CT molecular complexity index is 811. The Balaban J connectivity index is 1.47. The number of benzene rings is 1. The molecule has 142 valence electrons. The molecule has 1 amide bonds. The maximum Gasteiger partial charge on any atom is 0.265 e. The molecule has 8 heteroatoms. The Morgan fingerprint density at radius 2 is 1.88 bits per heavy atom. The van der Waals surface area contributed by atoms with Gasteiger partial charge in [-0.2, -0.15) is 0 Å². The van der Waals surface area contributed by atoms with Crippen molar-refractivity contribution in [1.82, 2.24) is 15.2 Å². The third-order valence-corrected chi connectivity index (χ3v) is 8.24. The van der Waals surface area contributed by atoms with Crippen molar-refractivity contribution in [2.24, 2.45) is 23.7 Å². The standard InChI is InChI=1S/C18H24ClN3O3S/c1-2-20-26(24,25)17-8-13(5-6-16(17)19)18(23)21-22-9-14-11-3-4-12(7-11)15(14)10-22/h5-6,8,11-12,14-15,20H,2-4,7,9-10H2,1H3,(H,21,23). The van der Waals surface area contributed by atoms with Gasteiger partial charge in [-0.3, -0.25) is 10.2 Å². The van der Waals surface area contributed by atoms with Crippen LogP contribution < -0.4 is 10.1 Å². The van der Waals surface area contributed by atoms with Crippen molar-refractivity contribution in [2.45, 2.75) is 31.1 Å². The van der Waals surface area contributed by atoms with Crippen LogP contribution in [0.5, 0.6) is 0 Å². The van der Waals surface area contributed by atoms with Crippen molar-refractivity contribution in [2.75, 3.05) is 19.6 Å². The van der Waals surface area contributed by atoms with E-state index in [-0.39, 0.29) is 22.4 Å². The molecule has 26 heavy (non-hydrogen) atoms. The maximum absolute atomic E-state index is 12.6. The van der Waals surface area contributed by atoms with E-state index in [1.807, 2.05) is 5.01 Å². The van der Waals surface area contributed by atoms with E-state index in [0.29, 0.717) is 17.4 Å². The van der Waals surface area contributed by atoms with Gasteiger partial charge in [0.15, 0.2) is 0 Å². The van der Waals surface area contributed by atoms with Crippen molar-refractivity contribution in [3.63, 3.8) is 0 Å². The van der Waals surface area contributed by atoms with E-state index < -0.39 is 10.0 Å². The number of nitrogens with zero attached hydrogens (tertiary/aromatic N) is 1. The van der Waals surface area contributed by atoms with Crippen LogP contribution in [0, 0.1) is 23.7 Å². The summed E-state index contributed by atoms with van der Waals surface area (Å²) in [6.07, 6.45) is 4.02. The quantitative estimate of drug-likeness (QED) is 0.798. The van der Waals surface area contributed by atoms with Gasteiger partial charge >= 0.3 is 0 Å². The zero-order chi connectivity index (χ0) is 18.5. The summed E-state index contributed by atoms with van der Waals surface area (Å²) in [7, 11) is -3.72. The number of carbonyl (C=O) groups is 1. The predicted octanol–water partition coefficient (Wildman–Crippen LogP) is 2.26. The average Bonchev–Trinajstić information content (AvgIpc) is 3.27. The second kappa shape index (κ2) is 6.78. The van der Waals surface area contributed by atoms with E-state index in [1.165, 1.54) is 31.4 Å². The molecule has 1 saturated heterocycles. The number of sulfonamides is 1. The molecule has 1 aromatic rings. The lowest BCUT2D eigenvalue weighted by Gasteiger charge is -2.22. The summed E-state index contributed by atoms with van der Waals surface area (Å²) in [5.41, 5.74) is 3.26. The van der Waals surface area contributed by atoms with Gasteiger partial charge in [0.1, 0.15) is 4.90 Å². The molecule has 3 fully saturated rings. The van der Waals surface area contributed by atoms with Crippen molar-refractivity contribution in [3.05, 3.63) is 28.8 Å². The molecular weight excluding hydrogens is 374 g/mol. The highest BCUT2D eigenvalue weighted by Gasteiger charge is 2.51. The van der Waals surface area contributed by atoms with Gasteiger partial charge in [-0.15, -0.1) is 0 Å². The van der Waals surface area contributed by atoms with Crippen molar-refractivity contribution in [3.8, 4) is 0 Å². The zero-order valence-corrected chi connectivity index (χ0v) is 16.3. The molecule has 0 radical (unpaired) electrons. The number of carbonyl (C=O) groups excluding carboxylic acids is 1. The minimum absolute atomic E-state index is 0.0648. The minimum Gasteiger partial charge on any atom is -0.285 e. The normalized spacial score (nSPS) is 30.5. The Kier molecular flexibility index (Phi) is 4.75. The minimum atomic E-state index is -3.72. The van der Waals surface area contributed by atoms with Crippen LogP contribution >= 0.6 is 11.6 Å². The number of hydrogen-bond acceptors (Lipinski definition) is 4. The van der Waals surface area contributed by atoms with Gasteiger partial charge in [0, 0.05) is 25.2 Å². The summed E-state index contributed by atoms with van der Waals surface area (Å²) in [5.74, 6) is 2.74. The fraction of sp³-hybridized carbons (Fsp3) is 0.611. The van der Waals surface area contributed by atoms with Crippen LogP contribution in [0.15, 0.2) is 23.1 Å². The lowest BCUT2D eigenvalue weighted by molar-refractivity contribution is 0.0809. The molecule has 1 aliphatic heterocycles. The van der Waals surface area contributed by atoms with Gasteiger partial charge in [0.2, 0.25) is 10.0 Å². The Hall–Kier alpha value is -1.15. The number of fused-ring (bicyclic) bond motifs is 5. The second-order valence-electron chi connectivity index (χ2n) is 7.65. The molecule has 0 aromatic heterocycles. The van der Waals surface area contributed by atoms with E-state index in [1.54, 1.807) is 13.0 Å². The SMILES string of the molecule is CCNS(=O)(=O)c1cc(C(=O)NN2CC3C4CCC(C4)C3C2)ccc1Cl. The van der Waals surface area contributed by atoms with Crippen LogP contribution in [-0.2, 0) is 10.0 Å². The third kappa shape index (κ3) is 3.15. The van der Waals surface area contributed by atoms with Crippen LogP contribution in [0.2, 0.25) is 5.02 Å². The smallest absolute Gasteiger partial charge is 0.265 e. The van der Waals surface area contributed by atoms with Gasteiger partial charge in [0.05, 0.1) is 5.02 Å². The van der Waals surface area contributed by atoms with E-state index in [4.69, 9.17) is 11.6 Å². The number of nitrogens with one attached hydrogen (secondary N) is 2. The topological polar surface area (TPSA) is 78.5 Å². The Labute approximate surface area is 159 Å². The molecule has 4 rings (SSSR count). The highest BCUT2D eigenvalue weighted by atomic mass is 35.5. The predicted molar refractivity (Wildman–Crippen MR) is 99.2 cm³/mol. The number of rotatable bonds is 5. The fourth-order valence-electron chi connectivity index (χ4n) is 5.10. The van der Waals surface area contributed by atoms with Crippen LogP contribution in [-0.4, -0.2) is 39.0 Å². The molecule has 2 N–H and O–H groups in total. The largest absolute Gasteiger partial charge is 0.285 e. The molecule has 2 bridgehead atoms. The molecule has 1 heterocycles. The van der Waals surface area contributed by atoms with Crippen LogP contribution in [0.4, 0.5) is 0 Å². The summed E-state index contributed by atoms with van der Waals surface area (Å²) < 4.78 is 26.9. The lowest BCUT2D eigenvalue weighted by atomic mass is 9.82. The van der Waals surface area contributed by atoms with E-state index in [9.17, 15) is 13.2 Å². The number of amides is 1. The van der Waals surface area contributed by atoms with Gasteiger partial charge in [-0.05, 0) is 61.1 Å². The first-order valence-electron chi connectivity index (χ1n) is 9.24. The molecule has 4 atom stereocenters.